The van der Waals surface area contributed by atoms with E-state index in [1.54, 1.807) is 6.07 Å². The molecule has 0 saturated heterocycles. The predicted octanol–water partition coefficient (Wildman–Crippen LogP) is 1.27. The molecule has 120 valence electrons. The minimum Gasteiger partial charge on any atom is -0.355 e. The van der Waals surface area contributed by atoms with E-state index in [9.17, 15) is 9.59 Å². The fraction of sp³-hybridized carbons (Fsp3) is 0.500. The summed E-state index contributed by atoms with van der Waals surface area (Å²) in [6.45, 7) is 1.79. The van der Waals surface area contributed by atoms with Gasteiger partial charge in [0.25, 0.3) is 0 Å². The Balaban J connectivity index is 1.72. The van der Waals surface area contributed by atoms with Gasteiger partial charge in [0.2, 0.25) is 11.8 Å². The van der Waals surface area contributed by atoms with Gasteiger partial charge in [-0.2, -0.15) is 0 Å². The molecule has 0 bridgehead atoms. The number of nitrogens with one attached hydrogen (secondary N) is 2. The van der Waals surface area contributed by atoms with E-state index in [2.05, 4.69) is 10.6 Å². The third-order valence-corrected chi connectivity index (χ3v) is 4.10. The van der Waals surface area contributed by atoms with Gasteiger partial charge in [-0.25, -0.2) is 0 Å². The minimum atomic E-state index is -0.207. The number of nitrogens with zero attached hydrogens (tertiary/aromatic N) is 1. The molecule has 2 amide bonds. The Morgan fingerprint density at radius 3 is 2.45 bits per heavy atom. The van der Waals surface area contributed by atoms with Crippen LogP contribution < -0.4 is 10.6 Å². The standard InChI is InChI=1S/C16H22ClN3O2/c1-20(2)8-7-18-15(21)12-9-13(12)16(22)19-10-11-5-3-4-6-14(11)17/h3-6,12-13H,7-10H2,1-2H3,(H,18,21)(H,19,22). The average Bonchev–Trinajstić information content (AvgIpc) is 3.26. The van der Waals surface area contributed by atoms with Crippen molar-refractivity contribution in [2.75, 3.05) is 27.2 Å². The highest BCUT2D eigenvalue weighted by atomic mass is 35.5. The monoisotopic (exact) mass is 323 g/mol. The van der Waals surface area contributed by atoms with E-state index in [4.69, 9.17) is 11.6 Å². The summed E-state index contributed by atoms with van der Waals surface area (Å²) in [5, 5.41) is 6.35. The Kier molecular flexibility index (Phi) is 5.80. The smallest absolute Gasteiger partial charge is 0.224 e. The van der Waals surface area contributed by atoms with Crippen molar-refractivity contribution in [2.24, 2.45) is 11.8 Å². The molecule has 22 heavy (non-hydrogen) atoms. The predicted molar refractivity (Wildman–Crippen MR) is 86.5 cm³/mol. The summed E-state index contributed by atoms with van der Waals surface area (Å²) in [7, 11) is 3.91. The van der Waals surface area contributed by atoms with Crippen LogP contribution in [-0.4, -0.2) is 43.9 Å². The number of hydrogen-bond acceptors (Lipinski definition) is 3. The number of halogens is 1. The number of hydrogen-bond donors (Lipinski definition) is 2. The molecule has 0 aromatic heterocycles. The first-order valence-corrected chi connectivity index (χ1v) is 7.80. The second-order valence-electron chi connectivity index (χ2n) is 5.85. The number of likely N-dealkylation sites (N-methyl/N-ethyl adjacent to an activating group) is 1. The topological polar surface area (TPSA) is 61.4 Å². The zero-order chi connectivity index (χ0) is 16.1. The first kappa shape index (κ1) is 16.8. The van der Waals surface area contributed by atoms with Crippen molar-refractivity contribution in [3.05, 3.63) is 34.9 Å². The van der Waals surface area contributed by atoms with E-state index in [-0.39, 0.29) is 23.7 Å². The summed E-state index contributed by atoms with van der Waals surface area (Å²) in [6, 6.07) is 7.40. The number of rotatable bonds is 7. The van der Waals surface area contributed by atoms with Crippen molar-refractivity contribution in [1.29, 1.82) is 0 Å². The maximum atomic E-state index is 12.0. The highest BCUT2D eigenvalue weighted by molar-refractivity contribution is 6.31. The number of benzene rings is 1. The number of carbonyl (C=O) groups is 2. The molecule has 1 aliphatic carbocycles. The lowest BCUT2D eigenvalue weighted by Crippen LogP contribution is -2.34. The molecule has 2 N–H and O–H groups in total. The number of carbonyl (C=O) groups excluding carboxylic acids is 2. The summed E-state index contributed by atoms with van der Waals surface area (Å²) in [5.41, 5.74) is 0.880. The zero-order valence-electron chi connectivity index (χ0n) is 12.9. The molecule has 6 heteroatoms. The fourth-order valence-corrected chi connectivity index (χ4v) is 2.47. The van der Waals surface area contributed by atoms with E-state index >= 15 is 0 Å². The molecule has 0 radical (unpaired) electrons. The average molecular weight is 324 g/mol. The Morgan fingerprint density at radius 1 is 1.18 bits per heavy atom. The first-order chi connectivity index (χ1) is 10.5. The molecule has 0 aliphatic heterocycles. The van der Waals surface area contributed by atoms with E-state index in [0.717, 1.165) is 12.1 Å². The lowest BCUT2D eigenvalue weighted by atomic mass is 10.2. The van der Waals surface area contributed by atoms with Crippen molar-refractivity contribution < 1.29 is 9.59 Å². The lowest BCUT2D eigenvalue weighted by Gasteiger charge is -2.10. The molecule has 2 rings (SSSR count). The van der Waals surface area contributed by atoms with Crippen molar-refractivity contribution >= 4 is 23.4 Å². The Hall–Kier alpha value is -1.59. The van der Waals surface area contributed by atoms with Gasteiger partial charge >= 0.3 is 0 Å². The molecule has 0 spiro atoms. The molecule has 1 aliphatic rings. The van der Waals surface area contributed by atoms with Crippen LogP contribution in [0.4, 0.5) is 0 Å². The molecule has 2 atom stereocenters. The summed E-state index contributed by atoms with van der Waals surface area (Å²) in [4.78, 5) is 25.9. The maximum absolute atomic E-state index is 12.0. The van der Waals surface area contributed by atoms with E-state index in [1.165, 1.54) is 0 Å². The molecule has 5 nitrogen and oxygen atoms in total. The van der Waals surface area contributed by atoms with Gasteiger partial charge in [-0.3, -0.25) is 9.59 Å². The quantitative estimate of drug-likeness (QED) is 0.794. The molecule has 1 saturated carbocycles. The van der Waals surface area contributed by atoms with Crippen LogP contribution >= 0.6 is 11.6 Å². The van der Waals surface area contributed by atoms with Gasteiger partial charge in [-0.15, -0.1) is 0 Å². The lowest BCUT2D eigenvalue weighted by molar-refractivity contribution is -0.127. The van der Waals surface area contributed by atoms with Crippen LogP contribution in [0.2, 0.25) is 5.02 Å². The molecule has 0 heterocycles. The van der Waals surface area contributed by atoms with Crippen LogP contribution in [0.3, 0.4) is 0 Å². The second kappa shape index (κ2) is 7.61. The largest absolute Gasteiger partial charge is 0.355 e. The van der Waals surface area contributed by atoms with Crippen molar-refractivity contribution in [2.45, 2.75) is 13.0 Å². The SMILES string of the molecule is CN(C)CCNC(=O)C1CC1C(=O)NCc1ccccc1Cl. The second-order valence-corrected chi connectivity index (χ2v) is 6.26. The van der Waals surface area contributed by atoms with Crippen LogP contribution in [0.15, 0.2) is 24.3 Å². The molecule has 1 fully saturated rings. The summed E-state index contributed by atoms with van der Waals surface area (Å²) >= 11 is 6.05. The van der Waals surface area contributed by atoms with Crippen molar-refractivity contribution in [3.63, 3.8) is 0 Å². The fourth-order valence-electron chi connectivity index (χ4n) is 2.26. The van der Waals surface area contributed by atoms with Crippen molar-refractivity contribution in [3.8, 4) is 0 Å². The molecule has 1 aromatic carbocycles. The van der Waals surface area contributed by atoms with E-state index < -0.39 is 0 Å². The van der Waals surface area contributed by atoms with E-state index in [1.807, 2.05) is 37.2 Å². The maximum Gasteiger partial charge on any atom is 0.224 e. The van der Waals surface area contributed by atoms with Gasteiger partial charge in [0.15, 0.2) is 0 Å². The van der Waals surface area contributed by atoms with E-state index in [0.29, 0.717) is 24.5 Å². The highest BCUT2D eigenvalue weighted by Gasteiger charge is 2.47. The molecule has 2 unspecified atom stereocenters. The Labute approximate surface area is 136 Å². The van der Waals surface area contributed by atoms with Crippen LogP contribution in [-0.2, 0) is 16.1 Å². The van der Waals surface area contributed by atoms with Crippen LogP contribution in [0.25, 0.3) is 0 Å². The first-order valence-electron chi connectivity index (χ1n) is 7.42. The molecular formula is C16H22ClN3O2. The summed E-state index contributed by atoms with van der Waals surface area (Å²) in [6.07, 6.45) is 0.627. The third-order valence-electron chi connectivity index (χ3n) is 3.73. The third kappa shape index (κ3) is 4.71. The number of amides is 2. The van der Waals surface area contributed by atoms with Crippen LogP contribution in [0.5, 0.6) is 0 Å². The summed E-state index contributed by atoms with van der Waals surface area (Å²) in [5.74, 6) is -0.498. The Morgan fingerprint density at radius 2 is 1.82 bits per heavy atom. The normalized spacial score (nSPS) is 19.8. The van der Waals surface area contributed by atoms with Gasteiger partial charge < -0.3 is 15.5 Å². The molecular weight excluding hydrogens is 302 g/mol. The van der Waals surface area contributed by atoms with Gasteiger partial charge in [0, 0.05) is 24.7 Å². The Bertz CT molecular complexity index is 548. The van der Waals surface area contributed by atoms with Gasteiger partial charge in [-0.1, -0.05) is 29.8 Å². The summed E-state index contributed by atoms with van der Waals surface area (Å²) < 4.78 is 0. The molecule has 1 aromatic rings. The van der Waals surface area contributed by atoms with Gasteiger partial charge in [0.1, 0.15) is 0 Å². The van der Waals surface area contributed by atoms with Crippen LogP contribution in [0.1, 0.15) is 12.0 Å². The van der Waals surface area contributed by atoms with Gasteiger partial charge in [0.05, 0.1) is 11.8 Å². The zero-order valence-corrected chi connectivity index (χ0v) is 13.7. The highest BCUT2D eigenvalue weighted by Crippen LogP contribution is 2.38. The van der Waals surface area contributed by atoms with Crippen LogP contribution in [0, 0.1) is 11.8 Å². The van der Waals surface area contributed by atoms with Gasteiger partial charge in [-0.05, 0) is 32.1 Å². The van der Waals surface area contributed by atoms with Crippen molar-refractivity contribution in [1.82, 2.24) is 15.5 Å². The minimum absolute atomic E-state index is 0.0280.